The van der Waals surface area contributed by atoms with Crippen LogP contribution in [0.4, 0.5) is 10.1 Å². The van der Waals surface area contributed by atoms with Crippen LogP contribution in [0.1, 0.15) is 10.5 Å². The average Bonchev–Trinajstić information content (AvgIpc) is 3.30. The lowest BCUT2D eigenvalue weighted by Crippen LogP contribution is -2.13. The van der Waals surface area contributed by atoms with E-state index in [1.807, 2.05) is 30.3 Å². The summed E-state index contributed by atoms with van der Waals surface area (Å²) in [6, 6.07) is 9.66. The first-order valence-corrected chi connectivity index (χ1v) is 8.75. The van der Waals surface area contributed by atoms with E-state index in [1.54, 1.807) is 16.0 Å². The lowest BCUT2D eigenvalue weighted by atomic mass is 10.2. The molecule has 0 fully saturated rings. The van der Waals surface area contributed by atoms with Gasteiger partial charge in [-0.15, -0.1) is 11.3 Å². The number of nitrogens with one attached hydrogen (secondary N) is 1. The van der Waals surface area contributed by atoms with Crippen LogP contribution in [-0.4, -0.2) is 25.2 Å². The Bertz CT molecular complexity index is 1080. The number of nitro groups is 1. The number of amides is 1. The van der Waals surface area contributed by atoms with Gasteiger partial charge in [0.25, 0.3) is 5.91 Å². The lowest BCUT2D eigenvalue weighted by Gasteiger charge is -1.99. The van der Waals surface area contributed by atoms with Crippen molar-refractivity contribution in [3.05, 3.63) is 63.9 Å². The smallest absolute Gasteiger partial charge is 0.296 e. The zero-order valence-electron chi connectivity index (χ0n) is 12.4. The van der Waals surface area contributed by atoms with E-state index in [-0.39, 0.29) is 10.1 Å². The highest BCUT2D eigenvalue weighted by Gasteiger charge is 2.18. The van der Waals surface area contributed by atoms with Gasteiger partial charge in [-0.1, -0.05) is 30.3 Å². The summed E-state index contributed by atoms with van der Waals surface area (Å²) in [5, 5.41) is 15.0. The lowest BCUT2D eigenvalue weighted by molar-refractivity contribution is -0.380. The minimum atomic E-state index is -0.544. The van der Waals surface area contributed by atoms with Crippen molar-refractivity contribution in [3.63, 3.8) is 0 Å². The SMILES string of the molecule is O=C(Nc1ncc([N+](=O)[O-])s1)c1csc2nc(-c3ccccc3)cn12. The van der Waals surface area contributed by atoms with Crippen molar-refractivity contribution in [3.8, 4) is 11.3 Å². The van der Waals surface area contributed by atoms with Gasteiger partial charge < -0.3 is 0 Å². The number of thiazole rings is 2. The van der Waals surface area contributed by atoms with Crippen LogP contribution in [0.15, 0.2) is 48.1 Å². The molecular weight excluding hydrogens is 362 g/mol. The third-order valence-electron chi connectivity index (χ3n) is 3.41. The predicted octanol–water partition coefficient (Wildman–Crippen LogP) is 3.68. The molecule has 0 spiro atoms. The van der Waals surface area contributed by atoms with E-state index in [0.29, 0.717) is 10.7 Å². The maximum Gasteiger partial charge on any atom is 0.345 e. The summed E-state index contributed by atoms with van der Waals surface area (Å²) >= 11 is 2.15. The van der Waals surface area contributed by atoms with E-state index in [0.717, 1.165) is 28.8 Å². The second kappa shape index (κ2) is 6.07. The van der Waals surface area contributed by atoms with Crippen molar-refractivity contribution in [2.24, 2.45) is 0 Å². The van der Waals surface area contributed by atoms with Crippen molar-refractivity contribution in [2.75, 3.05) is 5.32 Å². The first kappa shape index (κ1) is 15.4. The molecule has 10 heteroatoms. The fourth-order valence-electron chi connectivity index (χ4n) is 2.26. The normalized spacial score (nSPS) is 10.9. The molecule has 0 unspecified atom stereocenters. The summed E-state index contributed by atoms with van der Waals surface area (Å²) < 4.78 is 1.70. The van der Waals surface area contributed by atoms with E-state index in [4.69, 9.17) is 0 Å². The highest BCUT2D eigenvalue weighted by Crippen LogP contribution is 2.27. The fourth-order valence-corrected chi connectivity index (χ4v) is 3.74. The van der Waals surface area contributed by atoms with E-state index in [2.05, 4.69) is 15.3 Å². The van der Waals surface area contributed by atoms with E-state index in [9.17, 15) is 14.9 Å². The van der Waals surface area contributed by atoms with Crippen LogP contribution >= 0.6 is 22.7 Å². The van der Waals surface area contributed by atoms with Gasteiger partial charge in [-0.25, -0.2) is 9.97 Å². The van der Waals surface area contributed by atoms with Crippen LogP contribution < -0.4 is 5.32 Å². The number of carbonyl (C=O) groups excluding carboxylic acids is 1. The first-order valence-electron chi connectivity index (χ1n) is 7.05. The molecule has 0 aliphatic heterocycles. The van der Waals surface area contributed by atoms with Crippen LogP contribution in [0.5, 0.6) is 0 Å². The molecular formula is C15H9N5O3S2. The average molecular weight is 371 g/mol. The van der Waals surface area contributed by atoms with E-state index >= 15 is 0 Å². The zero-order valence-corrected chi connectivity index (χ0v) is 14.1. The summed E-state index contributed by atoms with van der Waals surface area (Å²) in [4.78, 5) is 31.7. The molecule has 1 amide bonds. The van der Waals surface area contributed by atoms with Crippen molar-refractivity contribution < 1.29 is 9.72 Å². The standard InChI is InChI=1S/C15H9N5O3S2/c21-13(18-14-16-6-12(25-14)20(22)23)11-8-24-15-17-10(7-19(11)15)9-4-2-1-3-5-9/h1-8H,(H,16,18,21). The van der Waals surface area contributed by atoms with Gasteiger partial charge in [0.2, 0.25) is 0 Å². The van der Waals surface area contributed by atoms with Gasteiger partial charge in [-0.3, -0.25) is 24.6 Å². The molecule has 0 aliphatic carbocycles. The fraction of sp³-hybridized carbons (Fsp3) is 0. The highest BCUT2D eigenvalue weighted by atomic mass is 32.1. The highest BCUT2D eigenvalue weighted by molar-refractivity contribution is 7.18. The number of anilines is 1. The topological polar surface area (TPSA) is 102 Å². The number of rotatable bonds is 4. The molecule has 4 aromatic rings. The number of hydrogen-bond acceptors (Lipinski definition) is 7. The van der Waals surface area contributed by atoms with Gasteiger partial charge in [0.15, 0.2) is 10.1 Å². The van der Waals surface area contributed by atoms with Crippen molar-refractivity contribution in [1.82, 2.24) is 14.4 Å². The summed E-state index contributed by atoms with van der Waals surface area (Å²) in [5.41, 5.74) is 2.12. The van der Waals surface area contributed by atoms with Crippen molar-refractivity contribution in [1.29, 1.82) is 0 Å². The molecule has 4 rings (SSSR count). The maximum absolute atomic E-state index is 12.5. The van der Waals surface area contributed by atoms with Crippen LogP contribution in [0.2, 0.25) is 0 Å². The zero-order chi connectivity index (χ0) is 17.4. The number of imidazole rings is 1. The first-order chi connectivity index (χ1) is 12.1. The molecule has 1 N–H and O–H groups in total. The Hall–Kier alpha value is -3.11. The molecule has 0 saturated heterocycles. The summed E-state index contributed by atoms with van der Waals surface area (Å²) in [6.45, 7) is 0. The van der Waals surface area contributed by atoms with Gasteiger partial charge in [-0.2, -0.15) is 0 Å². The van der Waals surface area contributed by atoms with Crippen LogP contribution in [-0.2, 0) is 0 Å². The van der Waals surface area contributed by atoms with Crippen LogP contribution in [0, 0.1) is 10.1 Å². The van der Waals surface area contributed by atoms with Gasteiger partial charge in [-0.05, 0) is 11.3 Å². The Balaban J connectivity index is 1.63. The molecule has 0 bridgehead atoms. The predicted molar refractivity (Wildman–Crippen MR) is 95.2 cm³/mol. The van der Waals surface area contributed by atoms with Gasteiger partial charge in [0, 0.05) is 17.1 Å². The minimum absolute atomic E-state index is 0.125. The maximum atomic E-state index is 12.5. The van der Waals surface area contributed by atoms with Crippen LogP contribution in [0.3, 0.4) is 0 Å². The second-order valence-electron chi connectivity index (χ2n) is 4.98. The third kappa shape index (κ3) is 2.88. The molecule has 124 valence electrons. The van der Waals surface area contributed by atoms with Crippen molar-refractivity contribution in [2.45, 2.75) is 0 Å². The Morgan fingerprint density at radius 3 is 2.80 bits per heavy atom. The minimum Gasteiger partial charge on any atom is -0.296 e. The molecule has 3 aromatic heterocycles. The van der Waals surface area contributed by atoms with Gasteiger partial charge in [0.05, 0.1) is 10.6 Å². The quantitative estimate of drug-likeness (QED) is 0.435. The molecule has 0 atom stereocenters. The Kier molecular flexibility index (Phi) is 3.75. The Labute approximate surface area is 148 Å². The summed E-state index contributed by atoms with van der Waals surface area (Å²) in [5.74, 6) is -0.396. The largest absolute Gasteiger partial charge is 0.345 e. The van der Waals surface area contributed by atoms with Gasteiger partial charge >= 0.3 is 5.00 Å². The molecule has 0 saturated carbocycles. The number of carbonyl (C=O) groups is 1. The number of aromatic nitrogens is 3. The van der Waals surface area contributed by atoms with Crippen molar-refractivity contribution >= 4 is 43.7 Å². The molecule has 8 nitrogen and oxygen atoms in total. The van der Waals surface area contributed by atoms with E-state index in [1.165, 1.54) is 11.3 Å². The monoisotopic (exact) mass is 371 g/mol. The van der Waals surface area contributed by atoms with Crippen LogP contribution in [0.25, 0.3) is 16.2 Å². The number of nitrogens with zero attached hydrogens (tertiary/aromatic N) is 4. The molecule has 1 aromatic carbocycles. The summed E-state index contributed by atoms with van der Waals surface area (Å²) in [6.07, 6.45) is 2.91. The number of hydrogen-bond donors (Lipinski definition) is 1. The second-order valence-corrected chi connectivity index (χ2v) is 6.83. The summed E-state index contributed by atoms with van der Waals surface area (Å²) in [7, 11) is 0. The third-order valence-corrected chi connectivity index (χ3v) is 5.11. The van der Waals surface area contributed by atoms with Gasteiger partial charge in [0.1, 0.15) is 11.9 Å². The number of fused-ring (bicyclic) bond motifs is 1. The molecule has 25 heavy (non-hydrogen) atoms. The molecule has 0 aliphatic rings. The van der Waals surface area contributed by atoms with E-state index < -0.39 is 10.8 Å². The Morgan fingerprint density at radius 2 is 2.08 bits per heavy atom. The number of benzene rings is 1. The molecule has 0 radical (unpaired) electrons. The molecule has 3 heterocycles. The Morgan fingerprint density at radius 1 is 1.28 bits per heavy atom.